The van der Waals surface area contributed by atoms with Crippen molar-refractivity contribution in [1.29, 1.82) is 0 Å². The molecule has 0 aliphatic heterocycles. The predicted octanol–water partition coefficient (Wildman–Crippen LogP) is 3.10. The number of thiazole rings is 1. The molecular formula is C20H15FN6OS. The summed E-state index contributed by atoms with van der Waals surface area (Å²) in [5.41, 5.74) is 3.15. The number of rotatable bonds is 5. The number of nitrogens with one attached hydrogen (secondary N) is 1. The number of imidazole rings is 1. The summed E-state index contributed by atoms with van der Waals surface area (Å²) in [5, 5.41) is 13.0. The van der Waals surface area contributed by atoms with Crippen LogP contribution in [-0.2, 0) is 17.8 Å². The van der Waals surface area contributed by atoms with Gasteiger partial charge in [0, 0.05) is 29.0 Å². The largest absolute Gasteiger partial charge is 0.348 e. The van der Waals surface area contributed by atoms with Crippen molar-refractivity contribution >= 4 is 27.9 Å². The molecule has 0 saturated heterocycles. The van der Waals surface area contributed by atoms with E-state index in [9.17, 15) is 9.18 Å². The minimum absolute atomic E-state index is 0.116. The molecule has 1 amide bonds. The first-order valence-electron chi connectivity index (χ1n) is 8.94. The Morgan fingerprint density at radius 2 is 1.97 bits per heavy atom. The van der Waals surface area contributed by atoms with Gasteiger partial charge in [-0.25, -0.2) is 9.37 Å². The maximum Gasteiger partial charge on any atom is 0.226 e. The van der Waals surface area contributed by atoms with Gasteiger partial charge in [-0.15, -0.1) is 21.5 Å². The monoisotopic (exact) mass is 406 g/mol. The highest BCUT2D eigenvalue weighted by Gasteiger charge is 2.13. The lowest BCUT2D eigenvalue weighted by Gasteiger charge is -2.04. The number of hydrogen-bond acceptors (Lipinski definition) is 5. The first kappa shape index (κ1) is 17.5. The summed E-state index contributed by atoms with van der Waals surface area (Å²) in [7, 11) is 0. The van der Waals surface area contributed by atoms with Crippen LogP contribution in [0.5, 0.6) is 0 Å². The topological polar surface area (TPSA) is 76.6 Å². The second-order valence-corrected chi connectivity index (χ2v) is 7.35. The standard InChI is InChI=1S/C20H15FN6OS/c21-14-6-4-13(5-7-14)16-11-27-15(12-29-20(27)23-16)9-19(28)22-10-18-25-24-17-3-1-2-8-26(17)18/h1-8,11-12H,9-10H2,(H,22,28). The molecule has 0 aliphatic rings. The Labute approximate surface area is 168 Å². The fourth-order valence-electron chi connectivity index (χ4n) is 3.13. The summed E-state index contributed by atoms with van der Waals surface area (Å²) in [6.07, 6.45) is 3.95. The Kier molecular flexibility index (Phi) is 4.28. The van der Waals surface area contributed by atoms with Gasteiger partial charge in [-0.3, -0.25) is 13.6 Å². The van der Waals surface area contributed by atoms with E-state index in [0.717, 1.165) is 27.6 Å². The summed E-state index contributed by atoms with van der Waals surface area (Å²) >= 11 is 1.46. The number of fused-ring (bicyclic) bond motifs is 2. The summed E-state index contributed by atoms with van der Waals surface area (Å²) in [4.78, 5) is 17.8. The molecule has 144 valence electrons. The fourth-order valence-corrected chi connectivity index (χ4v) is 4.01. The number of benzene rings is 1. The molecule has 9 heteroatoms. The zero-order chi connectivity index (χ0) is 19.8. The van der Waals surface area contributed by atoms with Crippen molar-refractivity contribution in [3.05, 3.63) is 77.6 Å². The smallest absolute Gasteiger partial charge is 0.226 e. The zero-order valence-corrected chi connectivity index (χ0v) is 15.9. The second-order valence-electron chi connectivity index (χ2n) is 6.51. The van der Waals surface area contributed by atoms with Crippen molar-refractivity contribution in [3.8, 4) is 11.3 Å². The van der Waals surface area contributed by atoms with Crippen molar-refractivity contribution in [1.82, 2.24) is 29.3 Å². The van der Waals surface area contributed by atoms with E-state index in [2.05, 4.69) is 20.5 Å². The lowest BCUT2D eigenvalue weighted by Crippen LogP contribution is -2.26. The average molecular weight is 406 g/mol. The number of aromatic nitrogens is 5. The first-order chi connectivity index (χ1) is 14.2. The highest BCUT2D eigenvalue weighted by Crippen LogP contribution is 2.24. The molecule has 0 saturated carbocycles. The van der Waals surface area contributed by atoms with Gasteiger partial charge < -0.3 is 5.32 Å². The van der Waals surface area contributed by atoms with E-state index in [1.165, 1.54) is 23.5 Å². The molecule has 1 aromatic carbocycles. The minimum Gasteiger partial charge on any atom is -0.348 e. The molecular weight excluding hydrogens is 391 g/mol. The number of nitrogens with zero attached hydrogens (tertiary/aromatic N) is 5. The van der Waals surface area contributed by atoms with Gasteiger partial charge in [-0.1, -0.05) is 6.07 Å². The molecule has 1 N–H and O–H groups in total. The molecule has 0 spiro atoms. The highest BCUT2D eigenvalue weighted by molar-refractivity contribution is 7.15. The lowest BCUT2D eigenvalue weighted by atomic mass is 10.2. The molecule has 0 aliphatic carbocycles. The van der Waals surface area contributed by atoms with Gasteiger partial charge in [0.2, 0.25) is 5.91 Å². The number of amides is 1. The molecule has 0 unspecified atom stereocenters. The normalized spacial score (nSPS) is 11.3. The molecule has 0 radical (unpaired) electrons. The second kappa shape index (κ2) is 7.10. The first-order valence-corrected chi connectivity index (χ1v) is 9.82. The Bertz CT molecular complexity index is 1320. The van der Waals surface area contributed by atoms with Gasteiger partial charge in [0.05, 0.1) is 18.7 Å². The third-order valence-corrected chi connectivity index (χ3v) is 5.48. The molecule has 7 nitrogen and oxygen atoms in total. The van der Waals surface area contributed by atoms with Crippen LogP contribution in [0, 0.1) is 5.82 Å². The molecule has 5 aromatic rings. The van der Waals surface area contributed by atoms with E-state index in [1.807, 2.05) is 44.8 Å². The number of pyridine rings is 1. The van der Waals surface area contributed by atoms with Crippen molar-refractivity contribution in [3.63, 3.8) is 0 Å². The summed E-state index contributed by atoms with van der Waals surface area (Å²) < 4.78 is 16.9. The van der Waals surface area contributed by atoms with E-state index in [0.29, 0.717) is 12.4 Å². The summed E-state index contributed by atoms with van der Waals surface area (Å²) in [6, 6.07) is 11.8. The van der Waals surface area contributed by atoms with Crippen LogP contribution in [0.3, 0.4) is 0 Å². The number of halogens is 1. The molecule has 4 heterocycles. The predicted molar refractivity (Wildman–Crippen MR) is 107 cm³/mol. The fraction of sp³-hybridized carbons (Fsp3) is 0.100. The average Bonchev–Trinajstić information content (AvgIpc) is 3.43. The molecule has 5 rings (SSSR count). The van der Waals surface area contributed by atoms with Crippen molar-refractivity contribution in [2.75, 3.05) is 0 Å². The molecule has 0 atom stereocenters. The van der Waals surface area contributed by atoms with E-state index < -0.39 is 0 Å². The van der Waals surface area contributed by atoms with Gasteiger partial charge >= 0.3 is 0 Å². The Morgan fingerprint density at radius 3 is 2.83 bits per heavy atom. The highest BCUT2D eigenvalue weighted by atomic mass is 32.1. The van der Waals surface area contributed by atoms with Crippen LogP contribution in [0.1, 0.15) is 11.5 Å². The molecule has 29 heavy (non-hydrogen) atoms. The molecule has 0 fully saturated rings. The molecule has 4 aromatic heterocycles. The quantitative estimate of drug-likeness (QED) is 0.487. The van der Waals surface area contributed by atoms with Crippen molar-refractivity contribution in [2.45, 2.75) is 13.0 Å². The number of hydrogen-bond donors (Lipinski definition) is 1. The number of carbonyl (C=O) groups is 1. The Hall–Kier alpha value is -3.59. The zero-order valence-electron chi connectivity index (χ0n) is 15.1. The molecule has 0 bridgehead atoms. The van der Waals surface area contributed by atoms with Gasteiger partial charge in [-0.2, -0.15) is 0 Å². The van der Waals surface area contributed by atoms with Gasteiger partial charge in [0.15, 0.2) is 16.4 Å². The minimum atomic E-state index is -0.285. The Morgan fingerprint density at radius 1 is 1.10 bits per heavy atom. The van der Waals surface area contributed by atoms with Crippen molar-refractivity contribution in [2.24, 2.45) is 0 Å². The van der Waals surface area contributed by atoms with Gasteiger partial charge in [0.1, 0.15) is 5.82 Å². The van der Waals surface area contributed by atoms with Crippen LogP contribution < -0.4 is 5.32 Å². The third kappa shape index (κ3) is 3.36. The lowest BCUT2D eigenvalue weighted by molar-refractivity contribution is -0.120. The van der Waals surface area contributed by atoms with Crippen LogP contribution in [-0.4, -0.2) is 29.9 Å². The Balaban J connectivity index is 1.31. The van der Waals surface area contributed by atoms with E-state index >= 15 is 0 Å². The van der Waals surface area contributed by atoms with E-state index in [1.54, 1.807) is 12.1 Å². The van der Waals surface area contributed by atoms with E-state index in [-0.39, 0.29) is 18.1 Å². The van der Waals surface area contributed by atoms with Crippen molar-refractivity contribution < 1.29 is 9.18 Å². The summed E-state index contributed by atoms with van der Waals surface area (Å²) in [6.45, 7) is 0.294. The van der Waals surface area contributed by atoms with Crippen LogP contribution in [0.4, 0.5) is 4.39 Å². The van der Waals surface area contributed by atoms with Crippen LogP contribution >= 0.6 is 11.3 Å². The maximum atomic E-state index is 13.1. The third-order valence-electron chi connectivity index (χ3n) is 4.59. The van der Waals surface area contributed by atoms with Crippen LogP contribution in [0.15, 0.2) is 60.2 Å². The SMILES string of the molecule is O=C(Cc1csc2nc(-c3ccc(F)cc3)cn12)NCc1nnc2ccccn12. The van der Waals surface area contributed by atoms with Crippen LogP contribution in [0.25, 0.3) is 21.9 Å². The van der Waals surface area contributed by atoms with Crippen LogP contribution in [0.2, 0.25) is 0 Å². The van der Waals surface area contributed by atoms with Gasteiger partial charge in [-0.05, 0) is 36.4 Å². The van der Waals surface area contributed by atoms with Gasteiger partial charge in [0.25, 0.3) is 0 Å². The van der Waals surface area contributed by atoms with E-state index in [4.69, 9.17) is 0 Å². The maximum absolute atomic E-state index is 13.1. The number of carbonyl (C=O) groups excluding carboxylic acids is 1. The summed E-state index contributed by atoms with van der Waals surface area (Å²) in [5.74, 6) is 0.271.